The number of rotatable bonds is 2. The fourth-order valence-corrected chi connectivity index (χ4v) is 1.34. The number of nitrogens with zero attached hydrogens (tertiary/aromatic N) is 2. The number of aromatic nitrogens is 2. The van der Waals surface area contributed by atoms with Gasteiger partial charge in [-0.05, 0) is 18.6 Å². The highest BCUT2D eigenvalue weighted by atomic mass is 35.5. The zero-order valence-corrected chi connectivity index (χ0v) is 9.40. The minimum atomic E-state index is 0.193. The molecular formula is C11H10ClN3O. The molecule has 2 aromatic rings. The minimum absolute atomic E-state index is 0.193. The molecule has 0 unspecified atom stereocenters. The fourth-order valence-electron chi connectivity index (χ4n) is 1.22. The summed E-state index contributed by atoms with van der Waals surface area (Å²) in [6.07, 6.45) is 1.31. The van der Waals surface area contributed by atoms with Gasteiger partial charge < -0.3 is 10.5 Å². The molecule has 0 aliphatic rings. The largest absolute Gasteiger partial charge is 0.437 e. The first-order valence-corrected chi connectivity index (χ1v) is 5.05. The average molecular weight is 236 g/mol. The molecular weight excluding hydrogens is 226 g/mol. The Labute approximate surface area is 98.0 Å². The van der Waals surface area contributed by atoms with Crippen LogP contribution in [0.15, 0.2) is 30.6 Å². The van der Waals surface area contributed by atoms with Crippen molar-refractivity contribution in [2.75, 3.05) is 5.73 Å². The van der Waals surface area contributed by atoms with Crippen LogP contribution < -0.4 is 10.5 Å². The van der Waals surface area contributed by atoms with Gasteiger partial charge >= 0.3 is 0 Å². The summed E-state index contributed by atoms with van der Waals surface area (Å²) in [5, 5.41) is 0.193. The molecule has 0 atom stereocenters. The molecule has 2 N–H and O–H groups in total. The molecule has 0 amide bonds. The van der Waals surface area contributed by atoms with Crippen LogP contribution in [-0.2, 0) is 0 Å². The number of anilines is 1. The minimum Gasteiger partial charge on any atom is -0.437 e. The molecule has 0 bridgehead atoms. The summed E-state index contributed by atoms with van der Waals surface area (Å²) in [5.74, 6) is 0.971. The van der Waals surface area contributed by atoms with Gasteiger partial charge in [-0.15, -0.1) is 0 Å². The van der Waals surface area contributed by atoms with Crippen LogP contribution in [0.25, 0.3) is 0 Å². The lowest BCUT2D eigenvalue weighted by atomic mass is 10.2. The van der Waals surface area contributed by atoms with E-state index < -0.39 is 0 Å². The lowest BCUT2D eigenvalue weighted by Crippen LogP contribution is -1.98. The second-order valence-electron chi connectivity index (χ2n) is 3.25. The van der Waals surface area contributed by atoms with Gasteiger partial charge in [-0.3, -0.25) is 0 Å². The van der Waals surface area contributed by atoms with Gasteiger partial charge in [-0.2, -0.15) is 4.98 Å². The highest BCUT2D eigenvalue weighted by Gasteiger charge is 2.09. The van der Waals surface area contributed by atoms with Crippen LogP contribution in [0.2, 0.25) is 5.15 Å². The lowest BCUT2D eigenvalue weighted by Gasteiger charge is -2.09. The van der Waals surface area contributed by atoms with Crippen LogP contribution in [0, 0.1) is 6.92 Å². The van der Waals surface area contributed by atoms with Crippen LogP contribution in [-0.4, -0.2) is 9.97 Å². The standard InChI is InChI=1S/C11H10ClN3O/c1-7-4-2-3-5-8(7)16-11-9(13)10(12)14-6-15-11/h2-6H,13H2,1H3. The predicted molar refractivity (Wildman–Crippen MR) is 62.7 cm³/mol. The number of benzene rings is 1. The molecule has 0 spiro atoms. The maximum absolute atomic E-state index is 5.76. The first-order chi connectivity index (χ1) is 7.68. The average Bonchev–Trinajstić information content (AvgIpc) is 2.28. The Balaban J connectivity index is 2.35. The van der Waals surface area contributed by atoms with E-state index in [0.717, 1.165) is 5.56 Å². The van der Waals surface area contributed by atoms with Gasteiger partial charge in [0.2, 0.25) is 5.88 Å². The van der Waals surface area contributed by atoms with E-state index in [1.54, 1.807) is 0 Å². The van der Waals surface area contributed by atoms with Gasteiger partial charge in [-0.25, -0.2) is 4.98 Å². The maximum Gasteiger partial charge on any atom is 0.247 e. The van der Waals surface area contributed by atoms with Crippen LogP contribution in [0.4, 0.5) is 5.69 Å². The molecule has 1 aromatic carbocycles. The van der Waals surface area contributed by atoms with E-state index in [4.69, 9.17) is 22.1 Å². The third-order valence-electron chi connectivity index (χ3n) is 2.10. The van der Waals surface area contributed by atoms with Crippen molar-refractivity contribution in [3.05, 3.63) is 41.3 Å². The van der Waals surface area contributed by atoms with Crippen molar-refractivity contribution >= 4 is 17.3 Å². The summed E-state index contributed by atoms with van der Waals surface area (Å²) in [6.45, 7) is 1.94. The number of hydrogen-bond donors (Lipinski definition) is 1. The Morgan fingerprint density at radius 2 is 2.00 bits per heavy atom. The Kier molecular flexibility index (Phi) is 2.92. The Bertz CT molecular complexity index is 516. The van der Waals surface area contributed by atoms with E-state index >= 15 is 0 Å². The molecule has 4 nitrogen and oxygen atoms in total. The molecule has 5 heteroatoms. The van der Waals surface area contributed by atoms with Crippen LogP contribution >= 0.6 is 11.6 Å². The monoisotopic (exact) mass is 235 g/mol. The summed E-state index contributed by atoms with van der Waals surface area (Å²) >= 11 is 5.76. The van der Waals surface area contributed by atoms with E-state index in [0.29, 0.717) is 5.75 Å². The molecule has 1 aromatic heterocycles. The van der Waals surface area contributed by atoms with Gasteiger partial charge in [0.15, 0.2) is 5.15 Å². The summed E-state index contributed by atoms with van der Waals surface area (Å²) in [7, 11) is 0. The van der Waals surface area contributed by atoms with Crippen molar-refractivity contribution in [2.24, 2.45) is 0 Å². The summed E-state index contributed by atoms with van der Waals surface area (Å²) in [5.41, 5.74) is 6.94. The van der Waals surface area contributed by atoms with Crippen LogP contribution in [0.1, 0.15) is 5.56 Å². The van der Waals surface area contributed by atoms with E-state index in [1.807, 2.05) is 31.2 Å². The highest BCUT2D eigenvalue weighted by molar-refractivity contribution is 6.32. The summed E-state index contributed by atoms with van der Waals surface area (Å²) < 4.78 is 5.56. The quantitative estimate of drug-likeness (QED) is 0.813. The zero-order valence-electron chi connectivity index (χ0n) is 8.64. The number of aryl methyl sites for hydroxylation is 1. The highest BCUT2D eigenvalue weighted by Crippen LogP contribution is 2.30. The van der Waals surface area contributed by atoms with Crippen molar-refractivity contribution < 1.29 is 4.74 Å². The zero-order chi connectivity index (χ0) is 11.5. The summed E-state index contributed by atoms with van der Waals surface area (Å²) in [4.78, 5) is 7.69. The maximum atomic E-state index is 5.76. The molecule has 0 aliphatic carbocycles. The first-order valence-electron chi connectivity index (χ1n) is 4.68. The summed E-state index contributed by atoms with van der Waals surface area (Å²) in [6, 6.07) is 7.58. The molecule has 0 saturated heterocycles. The van der Waals surface area contributed by atoms with Crippen LogP contribution in [0.3, 0.4) is 0 Å². The molecule has 0 saturated carbocycles. The van der Waals surface area contributed by atoms with Crippen molar-refractivity contribution in [2.45, 2.75) is 6.92 Å². The van der Waals surface area contributed by atoms with Gasteiger partial charge in [0.25, 0.3) is 0 Å². The third kappa shape index (κ3) is 2.06. The Morgan fingerprint density at radius 1 is 1.25 bits per heavy atom. The van der Waals surface area contributed by atoms with Crippen LogP contribution in [0.5, 0.6) is 11.6 Å². The molecule has 1 heterocycles. The van der Waals surface area contributed by atoms with Gasteiger partial charge in [0.05, 0.1) is 0 Å². The molecule has 0 aliphatic heterocycles. The Hall–Kier alpha value is -1.81. The first kappa shape index (κ1) is 10.7. The van der Waals surface area contributed by atoms with E-state index in [9.17, 15) is 0 Å². The van der Waals surface area contributed by atoms with Crippen molar-refractivity contribution in [3.8, 4) is 11.6 Å². The molecule has 0 fully saturated rings. The smallest absolute Gasteiger partial charge is 0.247 e. The van der Waals surface area contributed by atoms with Crippen molar-refractivity contribution in [1.82, 2.24) is 9.97 Å². The van der Waals surface area contributed by atoms with Gasteiger partial charge in [0.1, 0.15) is 17.8 Å². The van der Waals surface area contributed by atoms with Gasteiger partial charge in [-0.1, -0.05) is 29.8 Å². The fraction of sp³-hybridized carbons (Fsp3) is 0.0909. The van der Waals surface area contributed by atoms with Gasteiger partial charge in [0, 0.05) is 0 Å². The topological polar surface area (TPSA) is 61.0 Å². The SMILES string of the molecule is Cc1ccccc1Oc1ncnc(Cl)c1N. The number of para-hydroxylation sites is 1. The van der Waals surface area contributed by atoms with E-state index in [1.165, 1.54) is 6.33 Å². The molecule has 2 rings (SSSR count). The normalized spacial score (nSPS) is 10.1. The number of halogens is 1. The van der Waals surface area contributed by atoms with E-state index in [-0.39, 0.29) is 16.7 Å². The lowest BCUT2D eigenvalue weighted by molar-refractivity contribution is 0.461. The molecule has 0 radical (unpaired) electrons. The predicted octanol–water partition coefficient (Wildman–Crippen LogP) is 2.81. The number of ether oxygens (including phenoxy) is 1. The number of hydrogen-bond acceptors (Lipinski definition) is 4. The Morgan fingerprint density at radius 3 is 2.75 bits per heavy atom. The number of nitrogen functional groups attached to an aromatic ring is 1. The molecule has 82 valence electrons. The van der Waals surface area contributed by atoms with Crippen molar-refractivity contribution in [1.29, 1.82) is 0 Å². The number of nitrogens with two attached hydrogens (primary N) is 1. The van der Waals surface area contributed by atoms with Crippen molar-refractivity contribution in [3.63, 3.8) is 0 Å². The second kappa shape index (κ2) is 4.37. The molecule has 16 heavy (non-hydrogen) atoms. The third-order valence-corrected chi connectivity index (χ3v) is 2.40. The second-order valence-corrected chi connectivity index (χ2v) is 3.61. The van der Waals surface area contributed by atoms with E-state index in [2.05, 4.69) is 9.97 Å².